The number of hydrogen-bond acceptors (Lipinski definition) is 2. The molecule has 0 bridgehead atoms. The van der Waals surface area contributed by atoms with Crippen LogP contribution < -0.4 is 0 Å². The number of halogens is 3. The van der Waals surface area contributed by atoms with Crippen molar-refractivity contribution in [2.24, 2.45) is 0 Å². The Labute approximate surface area is 139 Å². The number of hydrogen-bond donors (Lipinski definition) is 2. The second-order valence-electron chi connectivity index (χ2n) is 4.97. The summed E-state index contributed by atoms with van der Waals surface area (Å²) < 4.78 is 14.8. The van der Waals surface area contributed by atoms with Crippen LogP contribution in [0.2, 0.25) is 0 Å². The number of rotatable bonds is 5. The first-order valence-corrected chi connectivity index (χ1v) is 8.02. The fraction of sp³-hybridized carbons (Fsp3) is 0.250. The Morgan fingerprint density at radius 2 is 1.62 bits per heavy atom. The van der Waals surface area contributed by atoms with Crippen LogP contribution in [0.15, 0.2) is 51.4 Å². The van der Waals surface area contributed by atoms with Crippen molar-refractivity contribution in [1.29, 1.82) is 0 Å². The highest BCUT2D eigenvalue weighted by Gasteiger charge is 2.33. The lowest BCUT2D eigenvalue weighted by Gasteiger charge is -2.32. The summed E-state index contributed by atoms with van der Waals surface area (Å²) in [7, 11) is 0. The molecule has 0 aliphatic rings. The third-order valence-corrected chi connectivity index (χ3v) is 5.19. The van der Waals surface area contributed by atoms with Gasteiger partial charge >= 0.3 is 0 Å². The van der Waals surface area contributed by atoms with Gasteiger partial charge in [0.1, 0.15) is 5.82 Å². The van der Waals surface area contributed by atoms with E-state index in [-0.39, 0.29) is 19.0 Å². The number of aliphatic hydroxyl groups is 2. The molecule has 0 fully saturated rings. The average Bonchev–Trinajstić information content (AvgIpc) is 2.50. The van der Waals surface area contributed by atoms with E-state index in [0.29, 0.717) is 16.5 Å². The molecule has 0 saturated heterocycles. The van der Waals surface area contributed by atoms with Gasteiger partial charge in [-0.25, -0.2) is 4.39 Å². The Kier molecular flexibility index (Phi) is 5.54. The lowest BCUT2D eigenvalue weighted by Crippen LogP contribution is -2.37. The molecule has 2 aromatic rings. The summed E-state index contributed by atoms with van der Waals surface area (Å²) in [6.45, 7) is -0.482. The smallest absolute Gasteiger partial charge is 0.137 e. The van der Waals surface area contributed by atoms with Gasteiger partial charge in [0, 0.05) is 9.89 Å². The Hall–Kier alpha value is -0.750. The van der Waals surface area contributed by atoms with Gasteiger partial charge in [0.15, 0.2) is 0 Å². The lowest BCUT2D eigenvalue weighted by molar-refractivity contribution is 0.115. The van der Waals surface area contributed by atoms with E-state index in [0.717, 1.165) is 10.0 Å². The molecule has 2 nitrogen and oxygen atoms in total. The predicted molar refractivity (Wildman–Crippen MR) is 87.8 cm³/mol. The first-order chi connectivity index (χ1) is 10.0. The fourth-order valence-corrected chi connectivity index (χ4v) is 3.48. The molecule has 0 aliphatic heterocycles. The molecule has 2 rings (SSSR count). The van der Waals surface area contributed by atoms with Gasteiger partial charge in [-0.15, -0.1) is 0 Å². The Morgan fingerprint density at radius 1 is 0.952 bits per heavy atom. The third-order valence-electron chi connectivity index (χ3n) is 3.61. The van der Waals surface area contributed by atoms with Gasteiger partial charge in [0.05, 0.1) is 17.7 Å². The molecule has 0 heterocycles. The van der Waals surface area contributed by atoms with E-state index >= 15 is 0 Å². The van der Waals surface area contributed by atoms with Crippen LogP contribution in [0.5, 0.6) is 0 Å². The topological polar surface area (TPSA) is 40.5 Å². The molecule has 112 valence electrons. The highest BCUT2D eigenvalue weighted by molar-refractivity contribution is 9.10. The van der Waals surface area contributed by atoms with Crippen LogP contribution in [0, 0.1) is 5.82 Å². The van der Waals surface area contributed by atoms with E-state index in [4.69, 9.17) is 0 Å². The summed E-state index contributed by atoms with van der Waals surface area (Å²) >= 11 is 6.68. The number of benzene rings is 2. The van der Waals surface area contributed by atoms with Crippen LogP contribution in [-0.2, 0) is 11.8 Å². The van der Waals surface area contributed by atoms with Crippen molar-refractivity contribution >= 4 is 31.9 Å². The minimum atomic E-state index is -0.879. The molecule has 0 amide bonds. The zero-order chi connectivity index (χ0) is 15.5. The molecule has 5 heteroatoms. The van der Waals surface area contributed by atoms with E-state index < -0.39 is 5.41 Å². The Balaban J connectivity index is 2.49. The maximum Gasteiger partial charge on any atom is 0.137 e. The SMILES string of the molecule is OCC(CO)(Cc1cccc(F)c1Br)c1ccccc1Br. The summed E-state index contributed by atoms with van der Waals surface area (Å²) in [6, 6.07) is 12.2. The molecule has 2 N–H and O–H groups in total. The second-order valence-corrected chi connectivity index (χ2v) is 6.61. The third kappa shape index (κ3) is 3.37. The largest absolute Gasteiger partial charge is 0.395 e. The van der Waals surface area contributed by atoms with Crippen molar-refractivity contribution in [3.63, 3.8) is 0 Å². The highest BCUT2D eigenvalue weighted by Crippen LogP contribution is 2.35. The van der Waals surface area contributed by atoms with Crippen LogP contribution in [0.4, 0.5) is 4.39 Å². The van der Waals surface area contributed by atoms with Crippen molar-refractivity contribution in [3.05, 3.63) is 68.4 Å². The second kappa shape index (κ2) is 7.01. The molecule has 0 saturated carbocycles. The van der Waals surface area contributed by atoms with Gasteiger partial charge in [-0.1, -0.05) is 46.3 Å². The molecule has 21 heavy (non-hydrogen) atoms. The summed E-state index contributed by atoms with van der Waals surface area (Å²) in [5, 5.41) is 19.8. The minimum absolute atomic E-state index is 0.241. The number of aliphatic hydroxyl groups excluding tert-OH is 2. The quantitative estimate of drug-likeness (QED) is 0.776. The molecule has 0 aliphatic carbocycles. The van der Waals surface area contributed by atoms with E-state index in [2.05, 4.69) is 31.9 Å². The van der Waals surface area contributed by atoms with Gasteiger partial charge in [-0.2, -0.15) is 0 Å². The molecular formula is C16H15Br2FO2. The lowest BCUT2D eigenvalue weighted by atomic mass is 9.77. The fourth-order valence-electron chi connectivity index (χ4n) is 2.37. The summed E-state index contributed by atoms with van der Waals surface area (Å²) in [4.78, 5) is 0. The van der Waals surface area contributed by atoms with Gasteiger partial charge in [-0.3, -0.25) is 0 Å². The average molecular weight is 418 g/mol. The van der Waals surface area contributed by atoms with Crippen LogP contribution in [0.3, 0.4) is 0 Å². The van der Waals surface area contributed by atoms with Crippen LogP contribution in [0.1, 0.15) is 11.1 Å². The molecule has 0 unspecified atom stereocenters. The first-order valence-electron chi connectivity index (χ1n) is 6.43. The molecule has 0 atom stereocenters. The van der Waals surface area contributed by atoms with E-state index in [1.807, 2.05) is 24.3 Å². The van der Waals surface area contributed by atoms with Crippen molar-refractivity contribution in [1.82, 2.24) is 0 Å². The van der Waals surface area contributed by atoms with Gasteiger partial charge in [-0.05, 0) is 45.6 Å². The summed E-state index contributed by atoms with van der Waals surface area (Å²) in [5.41, 5.74) is 0.621. The van der Waals surface area contributed by atoms with Crippen LogP contribution in [0.25, 0.3) is 0 Å². The Morgan fingerprint density at radius 3 is 2.24 bits per heavy atom. The van der Waals surface area contributed by atoms with Crippen molar-refractivity contribution in [3.8, 4) is 0 Å². The van der Waals surface area contributed by atoms with Crippen molar-refractivity contribution in [2.45, 2.75) is 11.8 Å². The van der Waals surface area contributed by atoms with Crippen LogP contribution >= 0.6 is 31.9 Å². The van der Waals surface area contributed by atoms with E-state index in [1.165, 1.54) is 6.07 Å². The standard InChI is InChI=1S/C16H15Br2FO2/c17-13-6-2-1-5-12(13)16(9-20,10-21)8-11-4-3-7-14(19)15(11)18/h1-7,20-21H,8-10H2. The monoisotopic (exact) mass is 416 g/mol. The van der Waals surface area contributed by atoms with Gasteiger partial charge in [0.25, 0.3) is 0 Å². The predicted octanol–water partition coefficient (Wildman–Crippen LogP) is 3.82. The molecule has 0 radical (unpaired) electrons. The maximum atomic E-state index is 13.7. The van der Waals surface area contributed by atoms with E-state index in [9.17, 15) is 14.6 Å². The van der Waals surface area contributed by atoms with Gasteiger partial charge < -0.3 is 10.2 Å². The zero-order valence-corrected chi connectivity index (χ0v) is 14.4. The first kappa shape index (κ1) is 16.6. The van der Waals surface area contributed by atoms with Crippen molar-refractivity contribution < 1.29 is 14.6 Å². The summed E-state index contributed by atoms with van der Waals surface area (Å²) in [6.07, 6.45) is 0.320. The molecular weight excluding hydrogens is 403 g/mol. The van der Waals surface area contributed by atoms with Crippen molar-refractivity contribution in [2.75, 3.05) is 13.2 Å². The normalized spacial score (nSPS) is 11.7. The molecule has 0 aromatic heterocycles. The Bertz CT molecular complexity index is 627. The maximum absolute atomic E-state index is 13.7. The minimum Gasteiger partial charge on any atom is -0.395 e. The molecule has 2 aromatic carbocycles. The highest BCUT2D eigenvalue weighted by atomic mass is 79.9. The molecule has 0 spiro atoms. The zero-order valence-electron chi connectivity index (χ0n) is 11.2. The van der Waals surface area contributed by atoms with Crippen LogP contribution in [-0.4, -0.2) is 23.4 Å². The van der Waals surface area contributed by atoms with Gasteiger partial charge in [0.2, 0.25) is 0 Å². The summed E-state index contributed by atoms with van der Waals surface area (Å²) in [5.74, 6) is -0.357. The van der Waals surface area contributed by atoms with E-state index in [1.54, 1.807) is 12.1 Å².